The number of nitrogens with one attached hydrogen (secondary N) is 1. The van der Waals surface area contributed by atoms with Crippen LogP contribution in [0.2, 0.25) is 0 Å². The van der Waals surface area contributed by atoms with Gasteiger partial charge < -0.3 is 24.8 Å². The Morgan fingerprint density at radius 1 is 1.02 bits per heavy atom. The molecule has 2 aliphatic heterocycles. The molecule has 41 heavy (non-hydrogen) atoms. The molecule has 2 aromatic heterocycles. The van der Waals surface area contributed by atoms with E-state index in [4.69, 9.17) is 4.74 Å². The quantitative estimate of drug-likeness (QED) is 0.470. The van der Waals surface area contributed by atoms with E-state index >= 15 is 0 Å². The molecule has 1 aromatic carbocycles. The lowest BCUT2D eigenvalue weighted by Crippen LogP contribution is -2.50. The number of fused-ring (bicyclic) bond motifs is 1. The molecule has 0 unspecified atom stereocenters. The van der Waals surface area contributed by atoms with Gasteiger partial charge in [-0.15, -0.1) is 0 Å². The third kappa shape index (κ3) is 6.39. The van der Waals surface area contributed by atoms with Crippen LogP contribution < -0.4 is 10.2 Å². The van der Waals surface area contributed by atoms with Crippen molar-refractivity contribution in [1.82, 2.24) is 24.8 Å². The lowest BCUT2D eigenvalue weighted by molar-refractivity contribution is 0.0240. The van der Waals surface area contributed by atoms with Crippen LogP contribution in [0, 0.1) is 5.82 Å². The molecular formula is C30H36FN7O3. The SMILES string of the molecule is CC(C)N1CCc2cc(-c3nc(Nc4ccc(N5CCN(C(=O)OC(C)(C)C)CC5)cn4)ncc3F)ccc2C1=O. The zero-order chi connectivity index (χ0) is 29.3. The topological polar surface area (TPSA) is 104 Å². The van der Waals surface area contributed by atoms with Gasteiger partial charge in [0, 0.05) is 49.9 Å². The van der Waals surface area contributed by atoms with Gasteiger partial charge in [0.05, 0.1) is 18.1 Å². The number of halogens is 1. The summed E-state index contributed by atoms with van der Waals surface area (Å²) in [6.07, 6.45) is 3.29. The summed E-state index contributed by atoms with van der Waals surface area (Å²) in [6, 6.07) is 9.20. The number of anilines is 3. The van der Waals surface area contributed by atoms with Crippen molar-refractivity contribution in [1.29, 1.82) is 0 Å². The predicted molar refractivity (Wildman–Crippen MR) is 155 cm³/mol. The van der Waals surface area contributed by atoms with Gasteiger partial charge in [0.2, 0.25) is 5.95 Å². The minimum absolute atomic E-state index is 0.00208. The molecule has 3 aromatic rings. The Bertz CT molecular complexity index is 1430. The van der Waals surface area contributed by atoms with E-state index in [9.17, 15) is 14.0 Å². The smallest absolute Gasteiger partial charge is 0.410 e. The fourth-order valence-corrected chi connectivity index (χ4v) is 5.01. The Balaban J connectivity index is 1.24. The first kappa shape index (κ1) is 28.3. The number of benzene rings is 1. The van der Waals surface area contributed by atoms with Crippen molar-refractivity contribution in [2.24, 2.45) is 0 Å². The molecule has 0 aliphatic carbocycles. The highest BCUT2D eigenvalue weighted by Crippen LogP contribution is 2.28. The number of nitrogens with zero attached hydrogens (tertiary/aromatic N) is 6. The van der Waals surface area contributed by atoms with Crippen LogP contribution in [0.5, 0.6) is 0 Å². The van der Waals surface area contributed by atoms with Gasteiger partial charge in [0.25, 0.3) is 5.91 Å². The van der Waals surface area contributed by atoms with Gasteiger partial charge in [-0.05, 0) is 70.9 Å². The number of amides is 2. The van der Waals surface area contributed by atoms with Crippen molar-refractivity contribution in [2.75, 3.05) is 42.9 Å². The third-order valence-electron chi connectivity index (χ3n) is 7.14. The fraction of sp³-hybridized carbons (Fsp3) is 0.433. The van der Waals surface area contributed by atoms with Crippen LogP contribution in [0.25, 0.3) is 11.3 Å². The number of carbonyl (C=O) groups excluding carboxylic acids is 2. The zero-order valence-corrected chi connectivity index (χ0v) is 24.1. The van der Waals surface area contributed by atoms with Crippen molar-refractivity contribution in [3.05, 3.63) is 59.7 Å². The predicted octanol–water partition coefficient (Wildman–Crippen LogP) is 4.89. The Kier molecular flexibility index (Phi) is 7.79. The summed E-state index contributed by atoms with van der Waals surface area (Å²) in [5.74, 6) is 0.184. The van der Waals surface area contributed by atoms with Gasteiger partial charge in [0.15, 0.2) is 5.82 Å². The molecule has 0 spiro atoms. The molecule has 0 saturated carbocycles. The average Bonchev–Trinajstić information content (AvgIpc) is 2.93. The number of aromatic nitrogens is 3. The molecule has 4 heterocycles. The van der Waals surface area contributed by atoms with Crippen LogP contribution in [0.1, 0.15) is 50.5 Å². The molecule has 216 valence electrons. The monoisotopic (exact) mass is 561 g/mol. The highest BCUT2D eigenvalue weighted by atomic mass is 19.1. The maximum Gasteiger partial charge on any atom is 0.410 e. The summed E-state index contributed by atoms with van der Waals surface area (Å²) in [6.45, 7) is 12.7. The van der Waals surface area contributed by atoms with Crippen LogP contribution in [0.4, 0.5) is 26.6 Å². The second kappa shape index (κ2) is 11.3. The third-order valence-corrected chi connectivity index (χ3v) is 7.14. The number of ether oxygens (including phenoxy) is 1. The van der Waals surface area contributed by atoms with Crippen LogP contribution in [-0.2, 0) is 11.2 Å². The van der Waals surface area contributed by atoms with E-state index in [0.717, 1.165) is 17.4 Å². The molecule has 1 N–H and O–H groups in total. The molecule has 1 saturated heterocycles. The Labute approximate surface area is 239 Å². The molecular weight excluding hydrogens is 525 g/mol. The first-order valence-electron chi connectivity index (χ1n) is 13.9. The van der Waals surface area contributed by atoms with E-state index in [2.05, 4.69) is 25.2 Å². The Morgan fingerprint density at radius 2 is 1.78 bits per heavy atom. The number of hydrogen-bond donors (Lipinski definition) is 1. The van der Waals surface area contributed by atoms with E-state index in [1.54, 1.807) is 23.2 Å². The standard InChI is InChI=1S/C30H36FN7O3/c1-19(2)38-11-10-20-16-21(6-8-23(20)27(38)39)26-24(31)18-33-28(35-26)34-25-9-7-22(17-32-25)36-12-14-37(15-13-36)29(40)41-30(3,4)5/h6-9,16-19H,10-15H2,1-5H3,(H,32,33,34,35). The lowest BCUT2D eigenvalue weighted by Gasteiger charge is -2.36. The van der Waals surface area contributed by atoms with E-state index in [1.165, 1.54) is 0 Å². The number of pyridine rings is 1. The largest absolute Gasteiger partial charge is 0.444 e. The van der Waals surface area contributed by atoms with Crippen LogP contribution in [0.15, 0.2) is 42.7 Å². The maximum atomic E-state index is 14.8. The molecule has 10 nitrogen and oxygen atoms in total. The van der Waals surface area contributed by atoms with E-state index in [-0.39, 0.29) is 29.7 Å². The first-order chi connectivity index (χ1) is 19.5. The molecule has 5 rings (SSSR count). The lowest BCUT2D eigenvalue weighted by atomic mass is 9.95. The second-order valence-electron chi connectivity index (χ2n) is 11.6. The van der Waals surface area contributed by atoms with Gasteiger partial charge in [-0.25, -0.2) is 24.1 Å². The second-order valence-corrected chi connectivity index (χ2v) is 11.6. The zero-order valence-electron chi connectivity index (χ0n) is 24.1. The van der Waals surface area contributed by atoms with Gasteiger partial charge in [-0.2, -0.15) is 0 Å². The van der Waals surface area contributed by atoms with Gasteiger partial charge in [-0.3, -0.25) is 4.79 Å². The first-order valence-corrected chi connectivity index (χ1v) is 13.9. The summed E-state index contributed by atoms with van der Waals surface area (Å²) in [4.78, 5) is 43.9. The fourth-order valence-electron chi connectivity index (χ4n) is 5.01. The van der Waals surface area contributed by atoms with Crippen LogP contribution in [-0.4, -0.2) is 81.1 Å². The van der Waals surface area contributed by atoms with Crippen molar-refractivity contribution in [2.45, 2.75) is 52.7 Å². The number of piperazine rings is 1. The summed E-state index contributed by atoms with van der Waals surface area (Å²) < 4.78 is 20.3. The highest BCUT2D eigenvalue weighted by Gasteiger charge is 2.28. The minimum atomic E-state index is -0.546. The van der Waals surface area contributed by atoms with Crippen molar-refractivity contribution in [3.8, 4) is 11.3 Å². The number of rotatable bonds is 5. The van der Waals surface area contributed by atoms with Crippen molar-refractivity contribution in [3.63, 3.8) is 0 Å². The minimum Gasteiger partial charge on any atom is -0.444 e. The molecule has 0 atom stereocenters. The molecule has 11 heteroatoms. The molecule has 2 aliphatic rings. The maximum absolute atomic E-state index is 14.8. The summed E-state index contributed by atoms with van der Waals surface area (Å²) in [5, 5.41) is 3.05. The van der Waals surface area contributed by atoms with Crippen molar-refractivity contribution >= 4 is 29.5 Å². The molecule has 0 radical (unpaired) electrons. The van der Waals surface area contributed by atoms with E-state index in [0.29, 0.717) is 56.1 Å². The van der Waals surface area contributed by atoms with E-state index < -0.39 is 11.4 Å². The van der Waals surface area contributed by atoms with Gasteiger partial charge >= 0.3 is 6.09 Å². The molecule has 2 amide bonds. The summed E-state index contributed by atoms with van der Waals surface area (Å²) in [5.41, 5.74) is 2.69. The van der Waals surface area contributed by atoms with E-state index in [1.807, 2.05) is 57.7 Å². The van der Waals surface area contributed by atoms with Gasteiger partial charge in [0.1, 0.15) is 17.1 Å². The average molecular weight is 562 g/mol. The highest BCUT2D eigenvalue weighted by molar-refractivity contribution is 5.97. The normalized spacial score (nSPS) is 15.7. The van der Waals surface area contributed by atoms with Crippen LogP contribution in [0.3, 0.4) is 0 Å². The number of carbonyl (C=O) groups is 2. The Hall–Kier alpha value is -4.28. The summed E-state index contributed by atoms with van der Waals surface area (Å²) in [7, 11) is 0. The van der Waals surface area contributed by atoms with Crippen molar-refractivity contribution < 1.29 is 18.7 Å². The Morgan fingerprint density at radius 3 is 2.44 bits per heavy atom. The summed E-state index contributed by atoms with van der Waals surface area (Å²) >= 11 is 0. The number of hydrogen-bond acceptors (Lipinski definition) is 8. The molecule has 1 fully saturated rings. The van der Waals surface area contributed by atoms with Crippen LogP contribution >= 0.6 is 0 Å². The molecule has 0 bridgehead atoms. The van der Waals surface area contributed by atoms with Gasteiger partial charge in [-0.1, -0.05) is 6.07 Å².